The van der Waals surface area contributed by atoms with Gasteiger partial charge in [0.15, 0.2) is 0 Å². The number of anilines is 1. The van der Waals surface area contributed by atoms with Crippen molar-refractivity contribution in [3.8, 4) is 0 Å². The van der Waals surface area contributed by atoms with Crippen LogP contribution in [0.25, 0.3) is 0 Å². The van der Waals surface area contributed by atoms with Crippen LogP contribution in [0, 0.1) is 6.92 Å². The number of halogens is 1. The van der Waals surface area contributed by atoms with Crippen molar-refractivity contribution in [1.29, 1.82) is 0 Å². The average molecular weight is 321 g/mol. The molecule has 0 saturated heterocycles. The number of nitrogens with two attached hydrogens (primary N) is 1. The van der Waals surface area contributed by atoms with Gasteiger partial charge in [0.05, 0.1) is 0 Å². The number of hydrogen-bond acceptors (Lipinski definition) is 2. The first kappa shape index (κ1) is 13.9. The summed E-state index contributed by atoms with van der Waals surface area (Å²) in [4.78, 5) is 14.6. The van der Waals surface area contributed by atoms with Gasteiger partial charge in [0.1, 0.15) is 5.69 Å². The topological polar surface area (TPSA) is 58.9 Å². The number of nitrogen functional groups attached to an aromatic ring is 1. The highest BCUT2D eigenvalue weighted by atomic mass is 79.9. The van der Waals surface area contributed by atoms with Crippen LogP contribution in [-0.2, 0) is 12.8 Å². The number of rotatable bonds is 3. The normalized spacial score (nSPS) is 10.7. The number of aromatic nitrogens is 1. The molecule has 2 rings (SSSR count). The molecule has 0 radical (unpaired) electrons. The van der Waals surface area contributed by atoms with Crippen LogP contribution in [0.1, 0.15) is 29.3 Å². The van der Waals surface area contributed by atoms with Crippen molar-refractivity contribution in [2.24, 2.45) is 0 Å². The number of aryl methyl sites for hydroxylation is 1. The zero-order chi connectivity index (χ0) is 14.0. The van der Waals surface area contributed by atoms with Gasteiger partial charge in [-0.25, -0.2) is 0 Å². The Morgan fingerprint density at radius 2 is 2.05 bits per heavy atom. The number of hydrogen-bond donors (Lipinski definition) is 2. The molecule has 0 amide bonds. The molecular formula is C15H17BrN2O. The lowest BCUT2D eigenvalue weighted by atomic mass is 9.96. The zero-order valence-corrected chi connectivity index (χ0v) is 12.7. The third kappa shape index (κ3) is 2.89. The predicted molar refractivity (Wildman–Crippen MR) is 82.5 cm³/mol. The third-order valence-electron chi connectivity index (χ3n) is 3.31. The lowest BCUT2D eigenvalue weighted by Gasteiger charge is -2.13. The number of benzene rings is 1. The maximum atomic E-state index is 11.8. The van der Waals surface area contributed by atoms with Crippen LogP contribution in [0.3, 0.4) is 0 Å². The summed E-state index contributed by atoms with van der Waals surface area (Å²) in [7, 11) is 0. The van der Waals surface area contributed by atoms with E-state index in [0.29, 0.717) is 12.1 Å². The molecule has 1 aromatic carbocycles. The van der Waals surface area contributed by atoms with E-state index in [1.807, 2.05) is 25.1 Å². The van der Waals surface area contributed by atoms with Crippen molar-refractivity contribution < 1.29 is 0 Å². The zero-order valence-electron chi connectivity index (χ0n) is 11.1. The van der Waals surface area contributed by atoms with E-state index in [-0.39, 0.29) is 5.56 Å². The number of H-pyrrole nitrogens is 1. The summed E-state index contributed by atoms with van der Waals surface area (Å²) in [6.07, 6.45) is 1.54. The minimum atomic E-state index is -0.195. The third-order valence-corrected chi connectivity index (χ3v) is 3.80. The van der Waals surface area contributed by atoms with Gasteiger partial charge >= 0.3 is 0 Å². The quantitative estimate of drug-likeness (QED) is 0.912. The molecule has 0 spiro atoms. The van der Waals surface area contributed by atoms with Crippen molar-refractivity contribution in [3.63, 3.8) is 0 Å². The van der Waals surface area contributed by atoms with Crippen LogP contribution < -0.4 is 11.3 Å². The van der Waals surface area contributed by atoms with Gasteiger partial charge in [-0.3, -0.25) is 4.79 Å². The molecular weight excluding hydrogens is 304 g/mol. The molecule has 1 aromatic heterocycles. The van der Waals surface area contributed by atoms with E-state index in [1.165, 1.54) is 0 Å². The highest BCUT2D eigenvalue weighted by Crippen LogP contribution is 2.22. The monoisotopic (exact) mass is 320 g/mol. The standard InChI is InChI=1S/C15H17BrN2O/c1-3-12-9(2)18-15(19)14(17)13(12)8-10-5-4-6-11(16)7-10/h4-7H,3,8,17H2,1-2H3,(H,18,19). The highest BCUT2D eigenvalue weighted by molar-refractivity contribution is 9.10. The van der Waals surface area contributed by atoms with E-state index in [0.717, 1.165) is 33.3 Å². The Morgan fingerprint density at radius 3 is 2.68 bits per heavy atom. The number of nitrogens with one attached hydrogen (secondary N) is 1. The smallest absolute Gasteiger partial charge is 0.271 e. The van der Waals surface area contributed by atoms with Crippen LogP contribution in [-0.4, -0.2) is 4.98 Å². The summed E-state index contributed by atoms with van der Waals surface area (Å²) in [6, 6.07) is 8.06. The molecule has 19 heavy (non-hydrogen) atoms. The number of pyridine rings is 1. The van der Waals surface area contributed by atoms with Gasteiger partial charge in [-0.05, 0) is 42.2 Å². The molecule has 0 aliphatic heterocycles. The first-order chi connectivity index (χ1) is 9.02. The second-order valence-electron chi connectivity index (χ2n) is 4.61. The Balaban J connectivity index is 2.53. The Hall–Kier alpha value is -1.55. The van der Waals surface area contributed by atoms with Crippen LogP contribution in [0.4, 0.5) is 5.69 Å². The fourth-order valence-electron chi connectivity index (χ4n) is 2.37. The van der Waals surface area contributed by atoms with E-state index in [2.05, 4.69) is 33.9 Å². The second-order valence-corrected chi connectivity index (χ2v) is 5.53. The van der Waals surface area contributed by atoms with Gasteiger partial charge in [0.25, 0.3) is 5.56 Å². The molecule has 100 valence electrons. The highest BCUT2D eigenvalue weighted by Gasteiger charge is 2.12. The first-order valence-electron chi connectivity index (χ1n) is 6.27. The lowest BCUT2D eigenvalue weighted by molar-refractivity contribution is 0.980. The summed E-state index contributed by atoms with van der Waals surface area (Å²) in [5.74, 6) is 0. The molecule has 0 bridgehead atoms. The van der Waals surface area contributed by atoms with Gasteiger partial charge in [-0.1, -0.05) is 35.0 Å². The van der Waals surface area contributed by atoms with E-state index >= 15 is 0 Å². The molecule has 3 nitrogen and oxygen atoms in total. The lowest BCUT2D eigenvalue weighted by Crippen LogP contribution is -2.19. The minimum absolute atomic E-state index is 0.195. The fraction of sp³-hybridized carbons (Fsp3) is 0.267. The molecule has 0 unspecified atom stereocenters. The Bertz CT molecular complexity index is 662. The Labute approximate surface area is 121 Å². The van der Waals surface area contributed by atoms with E-state index < -0.39 is 0 Å². The van der Waals surface area contributed by atoms with Crippen LogP contribution >= 0.6 is 15.9 Å². The average Bonchev–Trinajstić information content (AvgIpc) is 2.36. The molecule has 2 aromatic rings. The Morgan fingerprint density at radius 1 is 1.32 bits per heavy atom. The van der Waals surface area contributed by atoms with Gasteiger partial charge in [0, 0.05) is 16.6 Å². The van der Waals surface area contributed by atoms with Gasteiger partial charge in [0.2, 0.25) is 0 Å². The molecule has 0 fully saturated rings. The summed E-state index contributed by atoms with van der Waals surface area (Å²) in [5.41, 5.74) is 10.2. The van der Waals surface area contributed by atoms with E-state index in [9.17, 15) is 4.79 Å². The number of aromatic amines is 1. The van der Waals surface area contributed by atoms with E-state index in [1.54, 1.807) is 0 Å². The molecule has 1 heterocycles. The van der Waals surface area contributed by atoms with Crippen LogP contribution in [0.2, 0.25) is 0 Å². The summed E-state index contributed by atoms with van der Waals surface area (Å²) >= 11 is 3.46. The van der Waals surface area contributed by atoms with Crippen molar-refractivity contribution in [1.82, 2.24) is 4.98 Å². The minimum Gasteiger partial charge on any atom is -0.394 e. The summed E-state index contributed by atoms with van der Waals surface area (Å²) in [6.45, 7) is 3.99. The van der Waals surface area contributed by atoms with Crippen LogP contribution in [0.5, 0.6) is 0 Å². The van der Waals surface area contributed by atoms with Crippen molar-refractivity contribution >= 4 is 21.6 Å². The molecule has 3 N–H and O–H groups in total. The molecule has 4 heteroatoms. The van der Waals surface area contributed by atoms with Gasteiger partial charge in [-0.2, -0.15) is 0 Å². The maximum Gasteiger partial charge on any atom is 0.271 e. The van der Waals surface area contributed by atoms with Crippen LogP contribution in [0.15, 0.2) is 33.5 Å². The van der Waals surface area contributed by atoms with Gasteiger partial charge in [-0.15, -0.1) is 0 Å². The summed E-state index contributed by atoms with van der Waals surface area (Å²) < 4.78 is 1.03. The fourth-order valence-corrected chi connectivity index (χ4v) is 2.82. The molecule has 0 atom stereocenters. The molecule has 0 aliphatic rings. The largest absolute Gasteiger partial charge is 0.394 e. The predicted octanol–water partition coefficient (Wildman–Crippen LogP) is 3.18. The summed E-state index contributed by atoms with van der Waals surface area (Å²) in [5, 5.41) is 0. The van der Waals surface area contributed by atoms with Crippen molar-refractivity contribution in [2.45, 2.75) is 26.7 Å². The van der Waals surface area contributed by atoms with Crippen molar-refractivity contribution in [3.05, 3.63) is 61.5 Å². The maximum absolute atomic E-state index is 11.8. The SMILES string of the molecule is CCc1c(C)[nH]c(=O)c(N)c1Cc1cccc(Br)c1. The van der Waals surface area contributed by atoms with Crippen molar-refractivity contribution in [2.75, 3.05) is 5.73 Å². The molecule has 0 aliphatic carbocycles. The Kier molecular flexibility index (Phi) is 4.10. The first-order valence-corrected chi connectivity index (χ1v) is 7.06. The molecule has 0 saturated carbocycles. The second kappa shape index (κ2) is 5.61. The van der Waals surface area contributed by atoms with E-state index in [4.69, 9.17) is 5.73 Å². The van der Waals surface area contributed by atoms with Gasteiger partial charge < -0.3 is 10.7 Å².